The van der Waals surface area contributed by atoms with E-state index in [2.05, 4.69) is 27.0 Å². The Labute approximate surface area is 90.3 Å². The number of aromatic nitrogens is 1. The molecule has 0 radical (unpaired) electrons. The molecule has 0 fully saturated rings. The molecule has 1 heterocycles. The van der Waals surface area contributed by atoms with E-state index in [0.29, 0.717) is 5.56 Å². The quantitative estimate of drug-likeness (QED) is 0.716. The second-order valence-electron chi connectivity index (χ2n) is 3.07. The number of benzene rings is 1. The maximum atomic E-state index is 8.83. The van der Waals surface area contributed by atoms with Crippen molar-refractivity contribution in [3.8, 4) is 6.07 Å². The van der Waals surface area contributed by atoms with Crippen LogP contribution < -0.4 is 0 Å². The van der Waals surface area contributed by atoms with Crippen molar-refractivity contribution in [2.24, 2.45) is 0 Å². The molecule has 0 aliphatic heterocycles. The summed E-state index contributed by atoms with van der Waals surface area (Å²) in [5.74, 6) is 0. The first-order valence-electron chi connectivity index (χ1n) is 4.18. The summed E-state index contributed by atoms with van der Waals surface area (Å²) in [5, 5.41) is 9.82. The molecular weight excluding hydrogens is 240 g/mol. The van der Waals surface area contributed by atoms with Gasteiger partial charge in [0.2, 0.25) is 0 Å². The number of hydrogen-bond acceptors (Lipinski definition) is 2. The highest BCUT2D eigenvalue weighted by Gasteiger charge is 2.06. The van der Waals surface area contributed by atoms with Gasteiger partial charge in [-0.05, 0) is 28.4 Å². The van der Waals surface area contributed by atoms with E-state index in [1.807, 2.05) is 25.1 Å². The monoisotopic (exact) mass is 246 g/mol. The first-order chi connectivity index (χ1) is 6.74. The summed E-state index contributed by atoms with van der Waals surface area (Å²) < 4.78 is 0.828. The third-order valence-electron chi connectivity index (χ3n) is 2.15. The number of rotatable bonds is 0. The second-order valence-corrected chi connectivity index (χ2v) is 3.86. The Hall–Kier alpha value is -1.40. The van der Waals surface area contributed by atoms with Crippen LogP contribution in [0.2, 0.25) is 0 Å². The summed E-state index contributed by atoms with van der Waals surface area (Å²) in [6.45, 7) is 2.01. The molecule has 1 aromatic carbocycles. The molecule has 14 heavy (non-hydrogen) atoms. The highest BCUT2D eigenvalue weighted by atomic mass is 79.9. The fourth-order valence-electron chi connectivity index (χ4n) is 1.42. The lowest BCUT2D eigenvalue weighted by Gasteiger charge is -2.03. The van der Waals surface area contributed by atoms with E-state index in [-0.39, 0.29) is 0 Å². The minimum absolute atomic E-state index is 0.572. The minimum Gasteiger partial charge on any atom is -0.255 e. The van der Waals surface area contributed by atoms with Crippen molar-refractivity contribution in [2.75, 3.05) is 0 Å². The number of aryl methyl sites for hydroxylation is 1. The van der Waals surface area contributed by atoms with Gasteiger partial charge in [0.25, 0.3) is 0 Å². The van der Waals surface area contributed by atoms with Crippen LogP contribution in [0.3, 0.4) is 0 Å². The number of pyridine rings is 1. The first-order valence-corrected chi connectivity index (χ1v) is 4.97. The van der Waals surface area contributed by atoms with Crippen LogP contribution in [0.1, 0.15) is 11.1 Å². The van der Waals surface area contributed by atoms with Gasteiger partial charge in [-0.25, -0.2) is 0 Å². The van der Waals surface area contributed by atoms with E-state index in [0.717, 1.165) is 20.9 Å². The van der Waals surface area contributed by atoms with Crippen LogP contribution in [0.25, 0.3) is 10.9 Å². The summed E-state index contributed by atoms with van der Waals surface area (Å²) >= 11 is 3.41. The number of nitrogens with zero attached hydrogens (tertiary/aromatic N) is 2. The number of nitriles is 1. The van der Waals surface area contributed by atoms with Crippen LogP contribution >= 0.6 is 15.9 Å². The van der Waals surface area contributed by atoms with E-state index >= 15 is 0 Å². The van der Waals surface area contributed by atoms with Gasteiger partial charge in [-0.2, -0.15) is 5.26 Å². The second kappa shape index (κ2) is 3.39. The molecule has 1 aromatic heterocycles. The topological polar surface area (TPSA) is 36.7 Å². The molecule has 0 aliphatic carbocycles. The summed E-state index contributed by atoms with van der Waals surface area (Å²) in [5.41, 5.74) is 2.63. The molecule has 0 spiro atoms. The molecule has 0 unspecified atom stereocenters. The van der Waals surface area contributed by atoms with Crippen LogP contribution in [-0.2, 0) is 0 Å². The largest absolute Gasteiger partial charge is 0.255 e. The average molecular weight is 247 g/mol. The maximum Gasteiger partial charge on any atom is 0.102 e. The van der Waals surface area contributed by atoms with Crippen molar-refractivity contribution in [2.45, 2.75) is 6.92 Å². The van der Waals surface area contributed by atoms with Crippen LogP contribution in [0.4, 0.5) is 0 Å². The molecule has 0 N–H and O–H groups in total. The Morgan fingerprint density at radius 1 is 1.43 bits per heavy atom. The fourth-order valence-corrected chi connectivity index (χ4v) is 1.93. The molecule has 2 aromatic rings. The lowest BCUT2D eigenvalue weighted by atomic mass is 10.1. The van der Waals surface area contributed by atoms with Crippen molar-refractivity contribution in [1.82, 2.24) is 4.98 Å². The lowest BCUT2D eigenvalue weighted by molar-refractivity contribution is 1.33. The van der Waals surface area contributed by atoms with Gasteiger partial charge in [-0.1, -0.05) is 18.2 Å². The standard InChI is InChI=1S/C11H7BrN2/c1-7-3-2-4-9-10(12)8(5-13)6-14-11(7)9/h2-4,6H,1H3. The van der Waals surface area contributed by atoms with Crippen LogP contribution in [0, 0.1) is 18.3 Å². The normalized spacial score (nSPS) is 10.1. The van der Waals surface area contributed by atoms with Crippen molar-refractivity contribution in [1.29, 1.82) is 5.26 Å². The Morgan fingerprint density at radius 3 is 2.93 bits per heavy atom. The van der Waals surface area contributed by atoms with E-state index in [4.69, 9.17) is 5.26 Å². The smallest absolute Gasteiger partial charge is 0.102 e. The van der Waals surface area contributed by atoms with Crippen LogP contribution in [0.15, 0.2) is 28.9 Å². The fraction of sp³-hybridized carbons (Fsp3) is 0.0909. The maximum absolute atomic E-state index is 8.83. The van der Waals surface area contributed by atoms with Crippen molar-refractivity contribution < 1.29 is 0 Å². The predicted molar refractivity (Wildman–Crippen MR) is 58.9 cm³/mol. The Bertz CT molecular complexity index is 541. The minimum atomic E-state index is 0.572. The summed E-state index contributed by atoms with van der Waals surface area (Å²) in [6.07, 6.45) is 1.60. The van der Waals surface area contributed by atoms with E-state index < -0.39 is 0 Å². The zero-order chi connectivity index (χ0) is 10.1. The molecule has 0 amide bonds. The average Bonchev–Trinajstić information content (AvgIpc) is 2.20. The predicted octanol–water partition coefficient (Wildman–Crippen LogP) is 3.18. The van der Waals surface area contributed by atoms with Gasteiger partial charge in [0, 0.05) is 16.1 Å². The van der Waals surface area contributed by atoms with Crippen molar-refractivity contribution in [3.05, 3.63) is 40.0 Å². The molecule has 68 valence electrons. The van der Waals surface area contributed by atoms with Gasteiger partial charge in [0.1, 0.15) is 6.07 Å². The number of halogens is 1. The zero-order valence-corrected chi connectivity index (χ0v) is 9.17. The SMILES string of the molecule is Cc1cccc2c(Br)c(C#N)cnc12. The number of hydrogen-bond donors (Lipinski definition) is 0. The third kappa shape index (κ3) is 1.28. The van der Waals surface area contributed by atoms with Crippen molar-refractivity contribution >= 4 is 26.8 Å². The highest BCUT2D eigenvalue weighted by molar-refractivity contribution is 9.10. The zero-order valence-electron chi connectivity index (χ0n) is 7.58. The molecule has 3 heteroatoms. The molecule has 0 bridgehead atoms. The molecular formula is C11H7BrN2. The summed E-state index contributed by atoms with van der Waals surface area (Å²) in [4.78, 5) is 4.26. The van der Waals surface area contributed by atoms with E-state index in [9.17, 15) is 0 Å². The molecule has 0 saturated heterocycles. The summed E-state index contributed by atoms with van der Waals surface area (Å²) in [7, 11) is 0. The molecule has 2 nitrogen and oxygen atoms in total. The Morgan fingerprint density at radius 2 is 2.21 bits per heavy atom. The molecule has 0 saturated carbocycles. The van der Waals surface area contributed by atoms with Crippen LogP contribution in [0.5, 0.6) is 0 Å². The van der Waals surface area contributed by atoms with Gasteiger partial charge >= 0.3 is 0 Å². The van der Waals surface area contributed by atoms with Gasteiger partial charge in [0.05, 0.1) is 11.1 Å². The number of para-hydroxylation sites is 1. The van der Waals surface area contributed by atoms with Gasteiger partial charge < -0.3 is 0 Å². The third-order valence-corrected chi connectivity index (χ3v) is 3.01. The summed E-state index contributed by atoms with van der Waals surface area (Å²) in [6, 6.07) is 8.03. The van der Waals surface area contributed by atoms with E-state index in [1.54, 1.807) is 6.20 Å². The highest BCUT2D eigenvalue weighted by Crippen LogP contribution is 2.27. The first kappa shape index (κ1) is 9.17. The van der Waals surface area contributed by atoms with Crippen LogP contribution in [-0.4, -0.2) is 4.98 Å². The van der Waals surface area contributed by atoms with Crippen molar-refractivity contribution in [3.63, 3.8) is 0 Å². The van der Waals surface area contributed by atoms with Gasteiger partial charge in [0.15, 0.2) is 0 Å². The van der Waals surface area contributed by atoms with Gasteiger partial charge in [-0.15, -0.1) is 0 Å². The lowest BCUT2D eigenvalue weighted by Crippen LogP contribution is -1.87. The molecule has 0 aliphatic rings. The van der Waals surface area contributed by atoms with Gasteiger partial charge in [-0.3, -0.25) is 4.98 Å². The molecule has 0 atom stereocenters. The number of fused-ring (bicyclic) bond motifs is 1. The van der Waals surface area contributed by atoms with E-state index in [1.165, 1.54) is 0 Å². The Balaban J connectivity index is 2.92. The molecule has 2 rings (SSSR count). The Kier molecular flexibility index (Phi) is 2.22.